The fourth-order valence-corrected chi connectivity index (χ4v) is 3.36. The van der Waals surface area contributed by atoms with E-state index < -0.39 is 0 Å². The maximum Gasteiger partial charge on any atom is 0.220 e. The molecule has 0 aliphatic rings. The van der Waals surface area contributed by atoms with Crippen molar-refractivity contribution in [1.82, 2.24) is 20.5 Å². The Morgan fingerprint density at radius 1 is 1.35 bits per heavy atom. The maximum absolute atomic E-state index is 11.6. The molecular formula is C13H17BrN4OS. The van der Waals surface area contributed by atoms with E-state index in [1.54, 1.807) is 11.3 Å². The van der Waals surface area contributed by atoms with E-state index in [2.05, 4.69) is 42.5 Å². The highest BCUT2D eigenvalue weighted by molar-refractivity contribution is 9.11. The van der Waals surface area contributed by atoms with Crippen LogP contribution in [0.4, 0.5) is 0 Å². The average Bonchev–Trinajstić information content (AvgIpc) is 3.06. The number of nitrogens with zero attached hydrogens (tertiary/aromatic N) is 2. The summed E-state index contributed by atoms with van der Waals surface area (Å²) >= 11 is 5.17. The lowest BCUT2D eigenvalue weighted by atomic mass is 10.2. The number of nitrogens with one attached hydrogen (secondary N) is 2. The molecule has 2 aromatic heterocycles. The summed E-state index contributed by atoms with van der Waals surface area (Å²) in [5.41, 5.74) is 0. The van der Waals surface area contributed by atoms with Gasteiger partial charge in [-0.1, -0.05) is 0 Å². The highest BCUT2D eigenvalue weighted by atomic mass is 79.9. The van der Waals surface area contributed by atoms with Gasteiger partial charge in [-0.3, -0.25) is 9.89 Å². The molecule has 0 bridgehead atoms. The second kappa shape index (κ2) is 8.16. The molecule has 2 heterocycles. The van der Waals surface area contributed by atoms with Crippen molar-refractivity contribution in [3.63, 3.8) is 0 Å². The van der Waals surface area contributed by atoms with Gasteiger partial charge in [-0.05, 0) is 47.3 Å². The van der Waals surface area contributed by atoms with Crippen molar-refractivity contribution < 1.29 is 4.79 Å². The fourth-order valence-electron chi connectivity index (χ4n) is 1.83. The monoisotopic (exact) mass is 356 g/mol. The largest absolute Gasteiger partial charge is 0.356 e. The summed E-state index contributed by atoms with van der Waals surface area (Å²) in [6.07, 6.45) is 5.61. The van der Waals surface area contributed by atoms with E-state index in [1.807, 2.05) is 6.07 Å². The Balaban J connectivity index is 1.52. The van der Waals surface area contributed by atoms with Crippen LogP contribution in [0.5, 0.6) is 0 Å². The highest BCUT2D eigenvalue weighted by Gasteiger charge is 2.03. The first-order valence-electron chi connectivity index (χ1n) is 6.59. The second-order valence-electron chi connectivity index (χ2n) is 4.45. The molecule has 0 saturated heterocycles. The second-order valence-corrected chi connectivity index (χ2v) is 6.99. The first-order chi connectivity index (χ1) is 9.74. The van der Waals surface area contributed by atoms with Crippen LogP contribution in [0.3, 0.4) is 0 Å². The minimum atomic E-state index is 0.123. The number of rotatable bonds is 8. The number of thiophene rings is 1. The van der Waals surface area contributed by atoms with Crippen molar-refractivity contribution in [2.75, 3.05) is 6.54 Å². The first kappa shape index (κ1) is 15.2. The Hall–Kier alpha value is -1.21. The molecule has 7 heteroatoms. The van der Waals surface area contributed by atoms with Gasteiger partial charge in [-0.25, -0.2) is 4.98 Å². The standard InChI is InChI=1S/C13H17BrN4OS/c14-11-7-6-10(20-11)3-1-5-13(19)15-8-2-4-12-16-9-17-18-12/h6-7,9H,1-5,8H2,(H,15,19)(H,16,17,18). The van der Waals surface area contributed by atoms with E-state index in [0.29, 0.717) is 13.0 Å². The van der Waals surface area contributed by atoms with E-state index in [9.17, 15) is 4.79 Å². The van der Waals surface area contributed by atoms with Gasteiger partial charge in [-0.2, -0.15) is 5.10 Å². The summed E-state index contributed by atoms with van der Waals surface area (Å²) in [5, 5.41) is 9.51. The average molecular weight is 357 g/mol. The molecule has 5 nitrogen and oxygen atoms in total. The lowest BCUT2D eigenvalue weighted by Crippen LogP contribution is -2.24. The molecule has 2 N–H and O–H groups in total. The Kier molecular flexibility index (Phi) is 6.20. The summed E-state index contributed by atoms with van der Waals surface area (Å²) in [5.74, 6) is 0.987. The van der Waals surface area contributed by atoms with Gasteiger partial charge in [0.2, 0.25) is 5.91 Å². The molecule has 0 aromatic carbocycles. The first-order valence-corrected chi connectivity index (χ1v) is 8.20. The van der Waals surface area contributed by atoms with Crippen LogP contribution in [0.2, 0.25) is 0 Å². The molecule has 0 atom stereocenters. The third kappa shape index (κ3) is 5.42. The molecule has 0 saturated carbocycles. The molecule has 20 heavy (non-hydrogen) atoms. The van der Waals surface area contributed by atoms with Crippen molar-refractivity contribution in [3.05, 3.63) is 32.9 Å². The van der Waals surface area contributed by atoms with E-state index >= 15 is 0 Å². The van der Waals surface area contributed by atoms with Crippen LogP contribution < -0.4 is 5.32 Å². The number of carbonyl (C=O) groups is 1. The number of aryl methyl sites for hydroxylation is 2. The van der Waals surface area contributed by atoms with Crippen molar-refractivity contribution in [1.29, 1.82) is 0 Å². The Labute approximate surface area is 130 Å². The molecule has 0 radical (unpaired) electrons. The highest BCUT2D eigenvalue weighted by Crippen LogP contribution is 2.23. The van der Waals surface area contributed by atoms with E-state index in [0.717, 1.165) is 35.3 Å². The Morgan fingerprint density at radius 2 is 2.25 bits per heavy atom. The lowest BCUT2D eigenvalue weighted by molar-refractivity contribution is -0.121. The van der Waals surface area contributed by atoms with Crippen LogP contribution in [-0.2, 0) is 17.6 Å². The van der Waals surface area contributed by atoms with Crippen LogP contribution in [0.25, 0.3) is 0 Å². The van der Waals surface area contributed by atoms with Gasteiger partial charge in [0.1, 0.15) is 12.2 Å². The van der Waals surface area contributed by atoms with Crippen LogP contribution in [0.1, 0.15) is 30.0 Å². The number of halogens is 1. The van der Waals surface area contributed by atoms with Crippen LogP contribution in [0, 0.1) is 0 Å². The van der Waals surface area contributed by atoms with Crippen LogP contribution >= 0.6 is 27.3 Å². The van der Waals surface area contributed by atoms with Gasteiger partial charge in [0, 0.05) is 24.3 Å². The van der Waals surface area contributed by atoms with Crippen LogP contribution in [0.15, 0.2) is 22.2 Å². The Morgan fingerprint density at radius 3 is 2.95 bits per heavy atom. The van der Waals surface area contributed by atoms with Crippen molar-refractivity contribution in [2.24, 2.45) is 0 Å². The molecule has 2 rings (SSSR count). The summed E-state index contributed by atoms with van der Waals surface area (Å²) < 4.78 is 1.14. The zero-order valence-corrected chi connectivity index (χ0v) is 13.5. The SMILES string of the molecule is O=C(CCCc1ccc(Br)s1)NCCCc1ncn[nH]1. The number of hydrogen-bond donors (Lipinski definition) is 2. The molecule has 0 spiro atoms. The molecule has 1 amide bonds. The minimum Gasteiger partial charge on any atom is -0.356 e. The number of hydrogen-bond acceptors (Lipinski definition) is 4. The van der Waals surface area contributed by atoms with Crippen LogP contribution in [-0.4, -0.2) is 27.6 Å². The molecular weight excluding hydrogens is 340 g/mol. The van der Waals surface area contributed by atoms with Gasteiger partial charge < -0.3 is 5.32 Å². The van der Waals surface area contributed by atoms with Gasteiger partial charge in [-0.15, -0.1) is 11.3 Å². The third-order valence-electron chi connectivity index (χ3n) is 2.83. The normalized spacial score (nSPS) is 10.7. The zero-order chi connectivity index (χ0) is 14.2. The predicted molar refractivity (Wildman–Crippen MR) is 82.7 cm³/mol. The summed E-state index contributed by atoms with van der Waals surface area (Å²) in [7, 11) is 0. The van der Waals surface area contributed by atoms with Gasteiger partial charge in [0.25, 0.3) is 0 Å². The minimum absolute atomic E-state index is 0.123. The number of carbonyl (C=O) groups excluding carboxylic acids is 1. The Bertz CT molecular complexity index is 526. The van der Waals surface area contributed by atoms with Crippen molar-refractivity contribution >= 4 is 33.2 Å². The summed E-state index contributed by atoms with van der Waals surface area (Å²) in [6.45, 7) is 0.685. The smallest absolute Gasteiger partial charge is 0.220 e. The van der Waals surface area contributed by atoms with E-state index in [-0.39, 0.29) is 5.91 Å². The van der Waals surface area contributed by atoms with E-state index in [4.69, 9.17) is 0 Å². The summed E-state index contributed by atoms with van der Waals surface area (Å²) in [6, 6.07) is 4.15. The number of H-pyrrole nitrogens is 1. The lowest BCUT2D eigenvalue weighted by Gasteiger charge is -2.04. The number of amides is 1. The fraction of sp³-hybridized carbons (Fsp3) is 0.462. The maximum atomic E-state index is 11.6. The van der Waals surface area contributed by atoms with Gasteiger partial charge >= 0.3 is 0 Å². The van der Waals surface area contributed by atoms with Gasteiger partial charge in [0.05, 0.1) is 3.79 Å². The molecule has 0 aliphatic carbocycles. The molecule has 0 aliphatic heterocycles. The van der Waals surface area contributed by atoms with Crippen molar-refractivity contribution in [3.8, 4) is 0 Å². The predicted octanol–water partition coefficient (Wildman–Crippen LogP) is 2.70. The molecule has 0 fully saturated rings. The molecule has 0 unspecified atom stereocenters. The molecule has 2 aromatic rings. The number of aromatic nitrogens is 3. The van der Waals surface area contributed by atoms with E-state index in [1.165, 1.54) is 11.2 Å². The quantitative estimate of drug-likeness (QED) is 0.714. The third-order valence-corrected chi connectivity index (χ3v) is 4.52. The zero-order valence-electron chi connectivity index (χ0n) is 11.1. The van der Waals surface area contributed by atoms with Gasteiger partial charge in [0.15, 0.2) is 0 Å². The summed E-state index contributed by atoms with van der Waals surface area (Å²) in [4.78, 5) is 17.0. The van der Waals surface area contributed by atoms with Crippen molar-refractivity contribution in [2.45, 2.75) is 32.1 Å². The topological polar surface area (TPSA) is 70.7 Å². The number of aromatic amines is 1. The molecule has 108 valence electrons.